The number of benzene rings is 2. The van der Waals surface area contributed by atoms with Gasteiger partial charge >= 0.3 is 0 Å². The molecule has 2 nitrogen and oxygen atoms in total. The van der Waals surface area contributed by atoms with E-state index < -0.39 is 0 Å². The van der Waals surface area contributed by atoms with Crippen LogP contribution in [-0.4, -0.2) is 9.97 Å². The summed E-state index contributed by atoms with van der Waals surface area (Å²) in [4.78, 5) is 9.11. The van der Waals surface area contributed by atoms with E-state index in [9.17, 15) is 0 Å². The van der Waals surface area contributed by atoms with Crippen molar-refractivity contribution in [2.45, 2.75) is 0 Å². The first-order chi connectivity index (χ1) is 9.93. The van der Waals surface area contributed by atoms with E-state index in [0.29, 0.717) is 0 Å². The first-order valence-corrected chi connectivity index (χ1v) is 6.61. The molecule has 2 heteroatoms. The van der Waals surface area contributed by atoms with Gasteiger partial charge in [0.1, 0.15) is 0 Å². The van der Waals surface area contributed by atoms with E-state index in [0.717, 1.165) is 27.5 Å². The lowest BCUT2D eigenvalue weighted by Crippen LogP contribution is -1.89. The fraction of sp³-hybridized carbons (Fsp3) is 0. The molecule has 2 aromatic carbocycles. The molecule has 20 heavy (non-hydrogen) atoms. The van der Waals surface area contributed by atoms with Crippen molar-refractivity contribution in [1.29, 1.82) is 0 Å². The molecule has 0 N–H and O–H groups in total. The van der Waals surface area contributed by atoms with Crippen LogP contribution in [0.3, 0.4) is 0 Å². The van der Waals surface area contributed by atoms with Crippen molar-refractivity contribution in [3.05, 3.63) is 73.1 Å². The average Bonchev–Trinajstić information content (AvgIpc) is 2.54. The quantitative estimate of drug-likeness (QED) is 0.503. The smallest absolute Gasteiger partial charge is 0.0802 e. The molecule has 0 bridgehead atoms. The lowest BCUT2D eigenvalue weighted by molar-refractivity contribution is 1.34. The van der Waals surface area contributed by atoms with Crippen molar-refractivity contribution >= 4 is 21.7 Å². The number of hydrogen-bond acceptors (Lipinski definition) is 2. The van der Waals surface area contributed by atoms with Crippen LogP contribution in [0, 0.1) is 0 Å². The molecule has 0 aliphatic rings. The number of aromatic nitrogens is 2. The molecular formula is C18H12N2. The van der Waals surface area contributed by atoms with Crippen LogP contribution in [-0.2, 0) is 0 Å². The van der Waals surface area contributed by atoms with Crippen molar-refractivity contribution in [1.82, 2.24) is 9.97 Å². The van der Waals surface area contributed by atoms with Gasteiger partial charge in [-0.25, -0.2) is 0 Å². The summed E-state index contributed by atoms with van der Waals surface area (Å²) in [5.41, 5.74) is 3.08. The molecule has 4 rings (SSSR count). The van der Waals surface area contributed by atoms with E-state index in [-0.39, 0.29) is 0 Å². The highest BCUT2D eigenvalue weighted by Crippen LogP contribution is 2.30. The Morgan fingerprint density at radius 3 is 2.45 bits per heavy atom. The van der Waals surface area contributed by atoms with Crippen molar-refractivity contribution in [2.24, 2.45) is 0 Å². The summed E-state index contributed by atoms with van der Waals surface area (Å²) in [7, 11) is 0. The van der Waals surface area contributed by atoms with Gasteiger partial charge in [0.15, 0.2) is 0 Å². The molecule has 0 saturated heterocycles. The van der Waals surface area contributed by atoms with Crippen LogP contribution in [0.25, 0.3) is 32.9 Å². The number of para-hydroxylation sites is 1. The molecule has 4 aromatic rings. The molecule has 0 aliphatic heterocycles. The Labute approximate surface area is 116 Å². The lowest BCUT2D eigenvalue weighted by Gasteiger charge is -2.08. The zero-order valence-electron chi connectivity index (χ0n) is 10.8. The second-order valence-corrected chi connectivity index (χ2v) is 4.76. The highest BCUT2D eigenvalue weighted by molar-refractivity contribution is 6.02. The Hall–Kier alpha value is -2.74. The molecule has 94 valence electrons. The van der Waals surface area contributed by atoms with E-state index in [1.165, 1.54) is 5.39 Å². The molecule has 2 aromatic heterocycles. The minimum atomic E-state index is 0.993. The SMILES string of the molecule is c1ccc2c(-c3cccc4cccnc34)nccc2c1. The second kappa shape index (κ2) is 4.42. The fourth-order valence-corrected chi connectivity index (χ4v) is 2.63. The van der Waals surface area contributed by atoms with Gasteiger partial charge in [0.05, 0.1) is 11.2 Å². The molecule has 0 amide bonds. The maximum absolute atomic E-state index is 4.59. The van der Waals surface area contributed by atoms with Crippen molar-refractivity contribution in [3.8, 4) is 11.3 Å². The van der Waals surface area contributed by atoms with Crippen LogP contribution in [0.5, 0.6) is 0 Å². The van der Waals surface area contributed by atoms with Gasteiger partial charge in [-0.2, -0.15) is 0 Å². The van der Waals surface area contributed by atoms with Gasteiger partial charge in [-0.05, 0) is 17.5 Å². The first-order valence-electron chi connectivity index (χ1n) is 6.61. The van der Waals surface area contributed by atoms with Crippen LogP contribution < -0.4 is 0 Å². The zero-order chi connectivity index (χ0) is 13.4. The Morgan fingerprint density at radius 1 is 0.600 bits per heavy atom. The van der Waals surface area contributed by atoms with E-state index in [1.54, 1.807) is 0 Å². The van der Waals surface area contributed by atoms with Gasteiger partial charge in [0, 0.05) is 28.7 Å². The highest BCUT2D eigenvalue weighted by Gasteiger charge is 2.09. The van der Waals surface area contributed by atoms with Crippen molar-refractivity contribution in [2.75, 3.05) is 0 Å². The van der Waals surface area contributed by atoms with Crippen molar-refractivity contribution < 1.29 is 0 Å². The van der Waals surface area contributed by atoms with E-state index in [1.807, 2.05) is 36.7 Å². The zero-order valence-corrected chi connectivity index (χ0v) is 10.8. The third kappa shape index (κ3) is 1.66. The number of rotatable bonds is 1. The molecule has 0 atom stereocenters. The molecule has 0 aliphatic carbocycles. The van der Waals surface area contributed by atoms with Crippen LogP contribution in [0.15, 0.2) is 73.1 Å². The van der Waals surface area contributed by atoms with Gasteiger partial charge in [0.2, 0.25) is 0 Å². The summed E-state index contributed by atoms with van der Waals surface area (Å²) >= 11 is 0. The fourth-order valence-electron chi connectivity index (χ4n) is 2.63. The first kappa shape index (κ1) is 11.1. The van der Waals surface area contributed by atoms with Crippen LogP contribution in [0.2, 0.25) is 0 Å². The third-order valence-electron chi connectivity index (χ3n) is 3.56. The van der Waals surface area contributed by atoms with Crippen LogP contribution in [0.1, 0.15) is 0 Å². The standard InChI is InChI=1S/C18H12N2/c1-2-8-15-13(5-1)10-12-20-18(15)16-9-3-6-14-7-4-11-19-17(14)16/h1-12H. The second-order valence-electron chi connectivity index (χ2n) is 4.76. The summed E-state index contributed by atoms with van der Waals surface area (Å²) in [6.45, 7) is 0. The maximum atomic E-state index is 4.59. The molecule has 2 heterocycles. The Morgan fingerprint density at radius 2 is 1.45 bits per heavy atom. The summed E-state index contributed by atoms with van der Waals surface area (Å²) < 4.78 is 0. The summed E-state index contributed by atoms with van der Waals surface area (Å²) in [5, 5.41) is 3.50. The molecule has 0 unspecified atom stereocenters. The average molecular weight is 256 g/mol. The molecule has 0 saturated carbocycles. The van der Waals surface area contributed by atoms with Crippen LogP contribution in [0.4, 0.5) is 0 Å². The summed E-state index contributed by atoms with van der Waals surface area (Å²) in [6.07, 6.45) is 3.69. The number of nitrogens with zero attached hydrogens (tertiary/aromatic N) is 2. The Balaban J connectivity index is 2.12. The maximum Gasteiger partial charge on any atom is 0.0802 e. The third-order valence-corrected chi connectivity index (χ3v) is 3.56. The normalized spacial score (nSPS) is 11.0. The number of pyridine rings is 2. The predicted octanol–water partition coefficient (Wildman–Crippen LogP) is 4.45. The topological polar surface area (TPSA) is 25.8 Å². The Kier molecular flexibility index (Phi) is 2.46. The summed E-state index contributed by atoms with van der Waals surface area (Å²) in [5.74, 6) is 0. The van der Waals surface area contributed by atoms with E-state index in [4.69, 9.17) is 0 Å². The minimum absolute atomic E-state index is 0.993. The number of hydrogen-bond donors (Lipinski definition) is 0. The molecular weight excluding hydrogens is 244 g/mol. The molecule has 0 fully saturated rings. The van der Waals surface area contributed by atoms with Gasteiger partial charge in [-0.3, -0.25) is 9.97 Å². The van der Waals surface area contributed by atoms with Gasteiger partial charge in [-0.15, -0.1) is 0 Å². The highest BCUT2D eigenvalue weighted by atomic mass is 14.7. The van der Waals surface area contributed by atoms with Crippen molar-refractivity contribution in [3.63, 3.8) is 0 Å². The number of fused-ring (bicyclic) bond motifs is 2. The monoisotopic (exact) mass is 256 g/mol. The van der Waals surface area contributed by atoms with E-state index >= 15 is 0 Å². The van der Waals surface area contributed by atoms with Gasteiger partial charge in [0.25, 0.3) is 0 Å². The molecule has 0 spiro atoms. The predicted molar refractivity (Wildman–Crippen MR) is 82.5 cm³/mol. The van der Waals surface area contributed by atoms with E-state index in [2.05, 4.69) is 46.4 Å². The van der Waals surface area contributed by atoms with Gasteiger partial charge < -0.3 is 0 Å². The lowest BCUT2D eigenvalue weighted by atomic mass is 10.0. The largest absolute Gasteiger partial charge is 0.256 e. The summed E-state index contributed by atoms with van der Waals surface area (Å²) in [6, 6.07) is 20.6. The molecule has 0 radical (unpaired) electrons. The van der Waals surface area contributed by atoms with Crippen LogP contribution >= 0.6 is 0 Å². The Bertz CT molecular complexity index is 825. The van der Waals surface area contributed by atoms with Gasteiger partial charge in [-0.1, -0.05) is 48.5 Å². The minimum Gasteiger partial charge on any atom is -0.256 e.